The molecular formula is C15H13BrF2O. The highest BCUT2D eigenvalue weighted by molar-refractivity contribution is 9.10. The Hall–Kier alpha value is -1.26. The van der Waals surface area contributed by atoms with E-state index in [1.54, 1.807) is 24.3 Å². The lowest BCUT2D eigenvalue weighted by Gasteiger charge is -2.12. The van der Waals surface area contributed by atoms with E-state index in [2.05, 4.69) is 15.9 Å². The number of benzene rings is 2. The van der Waals surface area contributed by atoms with Gasteiger partial charge in [0.1, 0.15) is 11.6 Å². The van der Waals surface area contributed by atoms with Crippen molar-refractivity contribution in [1.82, 2.24) is 0 Å². The van der Waals surface area contributed by atoms with Crippen LogP contribution in [0.1, 0.15) is 11.1 Å². The van der Waals surface area contributed by atoms with Gasteiger partial charge in [0, 0.05) is 10.9 Å². The fraction of sp³-hybridized carbons (Fsp3) is 0.200. The van der Waals surface area contributed by atoms with Crippen LogP contribution >= 0.6 is 15.9 Å². The third-order valence-corrected chi connectivity index (χ3v) is 3.62. The zero-order valence-electron chi connectivity index (χ0n) is 10.1. The number of hydrogen-bond acceptors (Lipinski definition) is 1. The Balaban J connectivity index is 2.05. The number of hydrogen-bond donors (Lipinski definition) is 1. The molecule has 0 aliphatic heterocycles. The van der Waals surface area contributed by atoms with Gasteiger partial charge in [-0.25, -0.2) is 8.78 Å². The maximum absolute atomic E-state index is 13.5. The van der Waals surface area contributed by atoms with E-state index in [0.29, 0.717) is 16.5 Å². The molecule has 2 aromatic rings. The molecule has 2 aromatic carbocycles. The van der Waals surface area contributed by atoms with Gasteiger partial charge in [-0.3, -0.25) is 0 Å². The molecule has 0 fully saturated rings. The van der Waals surface area contributed by atoms with Gasteiger partial charge in [-0.2, -0.15) is 0 Å². The minimum absolute atomic E-state index is 0.233. The van der Waals surface area contributed by atoms with Crippen LogP contribution in [0.5, 0.6) is 0 Å². The van der Waals surface area contributed by atoms with Crippen LogP contribution in [0, 0.1) is 11.6 Å². The lowest BCUT2D eigenvalue weighted by atomic mass is 10.0. The van der Waals surface area contributed by atoms with Crippen LogP contribution in [0.3, 0.4) is 0 Å². The molecule has 0 aromatic heterocycles. The standard InChI is InChI=1S/C15H13BrF2O/c16-14-9-12(17)6-5-10(14)7-13(19)8-11-3-1-2-4-15(11)18/h1-6,9,13,19H,7-8H2. The van der Waals surface area contributed by atoms with Gasteiger partial charge in [-0.1, -0.05) is 40.2 Å². The number of aliphatic hydroxyl groups excluding tert-OH is 1. The molecule has 1 unspecified atom stereocenters. The quantitative estimate of drug-likeness (QED) is 0.904. The van der Waals surface area contributed by atoms with Crippen LogP contribution in [0.2, 0.25) is 0 Å². The highest BCUT2D eigenvalue weighted by atomic mass is 79.9. The zero-order chi connectivity index (χ0) is 13.8. The summed E-state index contributed by atoms with van der Waals surface area (Å²) in [5.41, 5.74) is 1.28. The summed E-state index contributed by atoms with van der Waals surface area (Å²) in [6, 6.07) is 10.7. The smallest absolute Gasteiger partial charge is 0.126 e. The first-order valence-corrected chi connectivity index (χ1v) is 6.71. The molecule has 19 heavy (non-hydrogen) atoms. The summed E-state index contributed by atoms with van der Waals surface area (Å²) in [6.07, 6.45) is -0.134. The Morgan fingerprint density at radius 2 is 1.68 bits per heavy atom. The summed E-state index contributed by atoms with van der Waals surface area (Å²) in [7, 11) is 0. The monoisotopic (exact) mass is 326 g/mol. The van der Waals surface area contributed by atoms with Gasteiger partial charge in [0.05, 0.1) is 6.10 Å². The molecule has 100 valence electrons. The van der Waals surface area contributed by atoms with Crippen molar-refractivity contribution in [3.63, 3.8) is 0 Å². The summed E-state index contributed by atoms with van der Waals surface area (Å²) in [4.78, 5) is 0. The molecule has 0 saturated heterocycles. The Labute approximate surface area is 119 Å². The summed E-state index contributed by atoms with van der Waals surface area (Å²) >= 11 is 3.25. The number of rotatable bonds is 4. The molecule has 0 spiro atoms. The predicted molar refractivity (Wildman–Crippen MR) is 73.9 cm³/mol. The number of halogens is 3. The van der Waals surface area contributed by atoms with Crippen molar-refractivity contribution in [2.45, 2.75) is 18.9 Å². The first-order valence-electron chi connectivity index (χ1n) is 5.91. The third-order valence-electron chi connectivity index (χ3n) is 2.88. The van der Waals surface area contributed by atoms with E-state index in [-0.39, 0.29) is 18.1 Å². The summed E-state index contributed by atoms with van der Waals surface area (Å²) in [5.74, 6) is -0.654. The highest BCUT2D eigenvalue weighted by Gasteiger charge is 2.12. The van der Waals surface area contributed by atoms with E-state index in [4.69, 9.17) is 0 Å². The van der Waals surface area contributed by atoms with Crippen molar-refractivity contribution in [2.24, 2.45) is 0 Å². The van der Waals surface area contributed by atoms with Gasteiger partial charge < -0.3 is 5.11 Å². The Kier molecular flexibility index (Phi) is 4.66. The molecule has 0 radical (unpaired) electrons. The maximum Gasteiger partial charge on any atom is 0.126 e. The van der Waals surface area contributed by atoms with E-state index in [1.807, 2.05) is 0 Å². The molecule has 0 saturated carbocycles. The van der Waals surface area contributed by atoms with Crippen LogP contribution < -0.4 is 0 Å². The van der Waals surface area contributed by atoms with Gasteiger partial charge in [-0.15, -0.1) is 0 Å². The van der Waals surface area contributed by atoms with Crippen molar-refractivity contribution in [1.29, 1.82) is 0 Å². The van der Waals surface area contributed by atoms with Gasteiger partial charge in [0.25, 0.3) is 0 Å². The Morgan fingerprint density at radius 3 is 2.37 bits per heavy atom. The average molecular weight is 327 g/mol. The van der Waals surface area contributed by atoms with Crippen molar-refractivity contribution < 1.29 is 13.9 Å². The topological polar surface area (TPSA) is 20.2 Å². The highest BCUT2D eigenvalue weighted by Crippen LogP contribution is 2.21. The van der Waals surface area contributed by atoms with Gasteiger partial charge in [0.2, 0.25) is 0 Å². The first-order chi connectivity index (χ1) is 9.06. The lowest BCUT2D eigenvalue weighted by Crippen LogP contribution is -2.15. The summed E-state index contributed by atoms with van der Waals surface area (Å²) in [6.45, 7) is 0. The Bertz CT molecular complexity index is 572. The zero-order valence-corrected chi connectivity index (χ0v) is 11.7. The van der Waals surface area contributed by atoms with Crippen molar-refractivity contribution in [3.8, 4) is 0 Å². The van der Waals surface area contributed by atoms with Crippen molar-refractivity contribution >= 4 is 15.9 Å². The fourth-order valence-corrected chi connectivity index (χ4v) is 2.44. The van der Waals surface area contributed by atoms with Crippen LogP contribution in [-0.2, 0) is 12.8 Å². The SMILES string of the molecule is OC(Cc1ccccc1F)Cc1ccc(F)cc1Br. The number of aliphatic hydroxyl groups is 1. The summed E-state index contributed by atoms with van der Waals surface area (Å²) in [5, 5.41) is 9.99. The molecule has 0 amide bonds. The second-order valence-corrected chi connectivity index (χ2v) is 5.24. The van der Waals surface area contributed by atoms with Crippen LogP contribution in [-0.4, -0.2) is 11.2 Å². The third kappa shape index (κ3) is 3.85. The molecule has 0 aliphatic rings. The molecular weight excluding hydrogens is 314 g/mol. The second kappa shape index (κ2) is 6.26. The maximum atomic E-state index is 13.5. The second-order valence-electron chi connectivity index (χ2n) is 4.39. The molecule has 0 heterocycles. The van der Waals surface area contributed by atoms with Gasteiger partial charge in [-0.05, 0) is 35.7 Å². The molecule has 4 heteroatoms. The lowest BCUT2D eigenvalue weighted by molar-refractivity contribution is 0.174. The van der Waals surface area contributed by atoms with E-state index < -0.39 is 6.10 Å². The molecule has 1 N–H and O–H groups in total. The van der Waals surface area contributed by atoms with Crippen LogP contribution in [0.4, 0.5) is 8.78 Å². The van der Waals surface area contributed by atoms with Crippen LogP contribution in [0.15, 0.2) is 46.9 Å². The normalized spacial score (nSPS) is 12.4. The minimum Gasteiger partial charge on any atom is -0.392 e. The predicted octanol–water partition coefficient (Wildman–Crippen LogP) is 3.87. The largest absolute Gasteiger partial charge is 0.392 e. The van der Waals surface area contributed by atoms with Gasteiger partial charge in [0.15, 0.2) is 0 Å². The van der Waals surface area contributed by atoms with E-state index in [0.717, 1.165) is 5.56 Å². The fourth-order valence-electron chi connectivity index (χ4n) is 1.93. The average Bonchev–Trinajstić information content (AvgIpc) is 2.36. The van der Waals surface area contributed by atoms with Crippen molar-refractivity contribution in [3.05, 3.63) is 69.7 Å². The van der Waals surface area contributed by atoms with E-state index >= 15 is 0 Å². The molecule has 2 rings (SSSR count). The molecule has 0 bridgehead atoms. The van der Waals surface area contributed by atoms with Crippen molar-refractivity contribution in [2.75, 3.05) is 0 Å². The minimum atomic E-state index is -0.710. The van der Waals surface area contributed by atoms with Gasteiger partial charge >= 0.3 is 0 Å². The van der Waals surface area contributed by atoms with Crippen LogP contribution in [0.25, 0.3) is 0 Å². The first kappa shape index (κ1) is 14.2. The van der Waals surface area contributed by atoms with E-state index in [1.165, 1.54) is 18.2 Å². The molecule has 1 atom stereocenters. The Morgan fingerprint density at radius 1 is 1.00 bits per heavy atom. The molecule has 0 aliphatic carbocycles. The van der Waals surface area contributed by atoms with E-state index in [9.17, 15) is 13.9 Å². The summed E-state index contributed by atoms with van der Waals surface area (Å²) < 4.78 is 27.0. The molecule has 1 nitrogen and oxygen atoms in total.